The van der Waals surface area contributed by atoms with Crippen molar-refractivity contribution in [2.75, 3.05) is 12.3 Å². The first kappa shape index (κ1) is 31.4. The molecule has 0 bridgehead atoms. The van der Waals surface area contributed by atoms with Gasteiger partial charge in [-0.05, 0) is 31.4 Å². The van der Waals surface area contributed by atoms with Gasteiger partial charge < -0.3 is 48.3 Å². The zero-order valence-electron chi connectivity index (χ0n) is 21.5. The number of guanidine groups is 1. The summed E-state index contributed by atoms with van der Waals surface area (Å²) in [6.07, 6.45) is 0.909. The lowest BCUT2D eigenvalue weighted by atomic mass is 10.0. The maximum absolute atomic E-state index is 13.0. The lowest BCUT2D eigenvalue weighted by Crippen LogP contribution is -2.60. The van der Waals surface area contributed by atoms with E-state index in [0.29, 0.717) is 12.0 Å². The zero-order chi connectivity index (χ0) is 29.1. The first-order chi connectivity index (χ1) is 18.4. The van der Waals surface area contributed by atoms with E-state index in [0.717, 1.165) is 10.9 Å². The van der Waals surface area contributed by atoms with E-state index in [9.17, 15) is 29.4 Å². The molecular weight excluding hydrogens is 528 g/mol. The second-order valence-corrected chi connectivity index (χ2v) is 9.35. The minimum atomic E-state index is -1.50. The molecular formula is C24H36N8O6S. The number of carboxylic acid groups (broad SMARTS) is 1. The number of benzene rings is 1. The highest BCUT2D eigenvalue weighted by Crippen LogP contribution is 2.19. The van der Waals surface area contributed by atoms with Crippen LogP contribution in [0.15, 0.2) is 35.5 Å². The fourth-order valence-electron chi connectivity index (χ4n) is 3.76. The summed E-state index contributed by atoms with van der Waals surface area (Å²) in [5.74, 6) is -3.86. The van der Waals surface area contributed by atoms with Gasteiger partial charge in [-0.3, -0.25) is 19.4 Å². The zero-order valence-corrected chi connectivity index (χ0v) is 22.4. The summed E-state index contributed by atoms with van der Waals surface area (Å²) in [5.41, 5.74) is 17.8. The molecule has 12 N–H and O–H groups in total. The normalized spacial score (nSPS) is 14.9. The summed E-state index contributed by atoms with van der Waals surface area (Å²) < 4.78 is 0. The summed E-state index contributed by atoms with van der Waals surface area (Å²) in [7, 11) is 0. The van der Waals surface area contributed by atoms with E-state index >= 15 is 0 Å². The Bertz CT molecular complexity index is 1180. The molecule has 1 heterocycles. The molecule has 0 saturated heterocycles. The molecule has 1 aromatic heterocycles. The number of nitrogens with zero attached hydrogens (tertiary/aromatic N) is 1. The van der Waals surface area contributed by atoms with Gasteiger partial charge in [0.15, 0.2) is 5.96 Å². The number of carboxylic acids is 1. The van der Waals surface area contributed by atoms with Crippen LogP contribution in [0.1, 0.15) is 25.3 Å². The molecule has 1 aromatic carbocycles. The third-order valence-electron chi connectivity index (χ3n) is 5.90. The topological polar surface area (TPSA) is 251 Å². The highest BCUT2D eigenvalue weighted by molar-refractivity contribution is 7.80. The predicted octanol–water partition coefficient (Wildman–Crippen LogP) is -2.06. The third-order valence-corrected chi connectivity index (χ3v) is 6.26. The molecule has 0 aliphatic heterocycles. The van der Waals surface area contributed by atoms with Crippen LogP contribution < -0.4 is 33.2 Å². The van der Waals surface area contributed by atoms with Gasteiger partial charge in [-0.1, -0.05) is 18.2 Å². The molecule has 5 atom stereocenters. The Labute approximate surface area is 230 Å². The number of aromatic nitrogens is 1. The van der Waals surface area contributed by atoms with Gasteiger partial charge in [0, 0.05) is 35.8 Å². The van der Waals surface area contributed by atoms with Gasteiger partial charge in [0.25, 0.3) is 0 Å². The Hall–Kier alpha value is -3.82. The Morgan fingerprint density at radius 3 is 2.33 bits per heavy atom. The first-order valence-electron chi connectivity index (χ1n) is 12.2. The van der Waals surface area contributed by atoms with E-state index in [-0.39, 0.29) is 31.1 Å². The molecule has 0 saturated carbocycles. The van der Waals surface area contributed by atoms with Crippen LogP contribution in [0.2, 0.25) is 0 Å². The van der Waals surface area contributed by atoms with E-state index < -0.39 is 54.0 Å². The Kier molecular flexibility index (Phi) is 12.0. The third kappa shape index (κ3) is 9.46. The van der Waals surface area contributed by atoms with Crippen LogP contribution in [0.25, 0.3) is 10.9 Å². The number of aliphatic carboxylic acids is 1. The average molecular weight is 565 g/mol. The monoisotopic (exact) mass is 564 g/mol. The van der Waals surface area contributed by atoms with E-state index in [2.05, 4.69) is 38.6 Å². The predicted molar refractivity (Wildman–Crippen MR) is 149 cm³/mol. The van der Waals surface area contributed by atoms with Crippen molar-refractivity contribution >= 4 is 53.2 Å². The number of aliphatic hydroxyl groups is 1. The molecule has 15 heteroatoms. The van der Waals surface area contributed by atoms with Crippen LogP contribution >= 0.6 is 12.6 Å². The van der Waals surface area contributed by atoms with Crippen LogP contribution in [0, 0.1) is 0 Å². The molecule has 14 nitrogen and oxygen atoms in total. The number of para-hydroxylation sites is 1. The van der Waals surface area contributed by atoms with E-state index in [1.807, 2.05) is 24.3 Å². The van der Waals surface area contributed by atoms with E-state index in [1.54, 1.807) is 6.20 Å². The number of hydrogen-bond donors (Lipinski definition) is 10. The minimum Gasteiger partial charge on any atom is -0.480 e. The number of H-pyrrole nitrogens is 1. The maximum Gasteiger partial charge on any atom is 0.326 e. The molecule has 0 aliphatic carbocycles. The maximum atomic E-state index is 13.0. The SMILES string of the molecule is CC(O)C(NC(=O)C(CS)NC(=O)C(N)CCCN=C(N)N)C(=O)NC(Cc1c[nH]c2ccccc12)C(=O)O. The number of fused-ring (bicyclic) bond motifs is 1. The largest absolute Gasteiger partial charge is 0.480 e. The van der Waals surface area contributed by atoms with E-state index in [4.69, 9.17) is 17.2 Å². The number of aromatic amines is 1. The number of aliphatic imine (C=N–C) groups is 1. The number of amides is 3. The number of nitrogens with one attached hydrogen (secondary N) is 4. The number of aliphatic hydroxyl groups excluding tert-OH is 1. The Morgan fingerprint density at radius 2 is 1.72 bits per heavy atom. The molecule has 3 amide bonds. The van der Waals surface area contributed by atoms with Crippen molar-refractivity contribution in [2.24, 2.45) is 22.2 Å². The van der Waals surface area contributed by atoms with Gasteiger partial charge in [0.05, 0.1) is 12.1 Å². The number of rotatable bonds is 15. The summed E-state index contributed by atoms with van der Waals surface area (Å²) >= 11 is 4.09. The highest BCUT2D eigenvalue weighted by atomic mass is 32.1. The molecule has 0 radical (unpaired) electrons. The van der Waals surface area contributed by atoms with Gasteiger partial charge in [-0.2, -0.15) is 12.6 Å². The number of thiol groups is 1. The van der Waals surface area contributed by atoms with Crippen molar-refractivity contribution in [1.29, 1.82) is 0 Å². The van der Waals surface area contributed by atoms with Crippen molar-refractivity contribution < 1.29 is 29.4 Å². The number of carbonyl (C=O) groups is 4. The summed E-state index contributed by atoms with van der Waals surface area (Å²) in [6.45, 7) is 1.55. The van der Waals surface area contributed by atoms with Crippen molar-refractivity contribution in [2.45, 2.75) is 56.5 Å². The van der Waals surface area contributed by atoms with Gasteiger partial charge in [0.2, 0.25) is 17.7 Å². The van der Waals surface area contributed by atoms with Crippen LogP contribution in [0.5, 0.6) is 0 Å². The first-order valence-corrected chi connectivity index (χ1v) is 12.9. The molecule has 2 rings (SSSR count). The van der Waals surface area contributed by atoms with Crippen LogP contribution in [-0.2, 0) is 25.6 Å². The highest BCUT2D eigenvalue weighted by Gasteiger charge is 2.32. The molecule has 0 fully saturated rings. The second kappa shape index (κ2) is 14.9. The molecule has 2 aromatic rings. The summed E-state index contributed by atoms with van der Waals surface area (Å²) in [4.78, 5) is 57.0. The average Bonchev–Trinajstić information content (AvgIpc) is 3.29. The van der Waals surface area contributed by atoms with Crippen molar-refractivity contribution in [3.63, 3.8) is 0 Å². The fraction of sp³-hybridized carbons (Fsp3) is 0.458. The van der Waals surface area contributed by atoms with Gasteiger partial charge in [-0.25, -0.2) is 4.79 Å². The smallest absolute Gasteiger partial charge is 0.326 e. The van der Waals surface area contributed by atoms with Crippen molar-refractivity contribution in [3.8, 4) is 0 Å². The molecule has 214 valence electrons. The summed E-state index contributed by atoms with van der Waals surface area (Å²) in [5, 5.41) is 27.9. The van der Waals surface area contributed by atoms with Crippen LogP contribution in [0.3, 0.4) is 0 Å². The molecule has 39 heavy (non-hydrogen) atoms. The fourth-order valence-corrected chi connectivity index (χ4v) is 4.02. The van der Waals surface area contributed by atoms with Crippen molar-refractivity contribution in [3.05, 3.63) is 36.0 Å². The van der Waals surface area contributed by atoms with Crippen molar-refractivity contribution in [1.82, 2.24) is 20.9 Å². The van der Waals surface area contributed by atoms with E-state index in [1.165, 1.54) is 6.92 Å². The van der Waals surface area contributed by atoms with Gasteiger partial charge in [-0.15, -0.1) is 0 Å². The number of hydrogen-bond acceptors (Lipinski definition) is 8. The lowest BCUT2D eigenvalue weighted by Gasteiger charge is -2.26. The Balaban J connectivity index is 2.02. The number of carbonyl (C=O) groups excluding carboxylic acids is 3. The quantitative estimate of drug-likeness (QED) is 0.0493. The molecule has 0 spiro atoms. The standard InChI is InChI=1S/C24H36N8O6S/c1-12(33)19(32-21(35)18(11-39)31-20(34)15(25)6-4-8-28-24(26)27)22(36)30-17(23(37)38)9-13-10-29-16-7-3-2-5-14(13)16/h2-3,5,7,10,12,15,17-19,29,33,39H,4,6,8-9,11,25H2,1H3,(H,30,36)(H,31,34)(H,32,35)(H,37,38)(H4,26,27,28). The van der Waals surface area contributed by atoms with Crippen LogP contribution in [0.4, 0.5) is 0 Å². The number of nitrogens with two attached hydrogens (primary N) is 3. The second-order valence-electron chi connectivity index (χ2n) is 8.99. The Morgan fingerprint density at radius 1 is 1.05 bits per heavy atom. The van der Waals surface area contributed by atoms with Gasteiger partial charge in [0.1, 0.15) is 18.1 Å². The molecule has 5 unspecified atom stereocenters. The lowest BCUT2D eigenvalue weighted by molar-refractivity contribution is -0.143. The minimum absolute atomic E-state index is 0.0397. The molecule has 0 aliphatic rings. The van der Waals surface area contributed by atoms with Crippen LogP contribution in [-0.4, -0.2) is 87.4 Å². The van der Waals surface area contributed by atoms with Gasteiger partial charge >= 0.3 is 5.97 Å². The summed E-state index contributed by atoms with van der Waals surface area (Å²) in [6, 6.07) is 2.32.